The molecule has 0 fully saturated rings. The Morgan fingerprint density at radius 2 is 1.84 bits per heavy atom. The zero-order chi connectivity index (χ0) is 22.9. The Kier molecular flexibility index (Phi) is 6.04. The van der Waals surface area contributed by atoms with Gasteiger partial charge in [0, 0.05) is 26.9 Å². The molecule has 0 radical (unpaired) electrons. The van der Waals surface area contributed by atoms with Gasteiger partial charge in [-0.25, -0.2) is 4.98 Å². The lowest BCUT2D eigenvalue weighted by Gasteiger charge is -2.20. The summed E-state index contributed by atoms with van der Waals surface area (Å²) in [6, 6.07) is 16.7. The first-order valence-corrected chi connectivity index (χ1v) is 11.3. The van der Waals surface area contributed by atoms with Gasteiger partial charge in [-0.1, -0.05) is 48.0 Å². The second kappa shape index (κ2) is 8.76. The highest BCUT2D eigenvalue weighted by Gasteiger charge is 2.22. The third-order valence-electron chi connectivity index (χ3n) is 4.62. The largest absolute Gasteiger partial charge is 0.459 e. The van der Waals surface area contributed by atoms with Crippen molar-refractivity contribution in [1.82, 2.24) is 9.55 Å². The van der Waals surface area contributed by atoms with Crippen LogP contribution in [0.4, 0.5) is 5.13 Å². The van der Waals surface area contributed by atoms with E-state index in [9.17, 15) is 9.59 Å². The van der Waals surface area contributed by atoms with Gasteiger partial charge in [0.2, 0.25) is 0 Å². The Labute approximate surface area is 194 Å². The molecule has 2 aromatic carbocycles. The number of esters is 1. The molecule has 2 heterocycles. The molecule has 32 heavy (non-hydrogen) atoms. The number of carbonyl (C=O) groups excluding carboxylic acids is 2. The number of aromatic nitrogens is 2. The number of benzene rings is 2. The zero-order valence-electron chi connectivity index (χ0n) is 17.9. The fourth-order valence-corrected chi connectivity index (χ4v) is 4.29. The molecular formula is C24H22ClN3O3S. The molecule has 0 atom stereocenters. The van der Waals surface area contributed by atoms with Crippen molar-refractivity contribution in [2.45, 2.75) is 32.9 Å². The summed E-state index contributed by atoms with van der Waals surface area (Å²) >= 11 is 7.57. The smallest absolute Gasteiger partial charge is 0.326 e. The van der Waals surface area contributed by atoms with E-state index in [1.807, 2.05) is 68.6 Å². The average molecular weight is 468 g/mol. The van der Waals surface area contributed by atoms with Gasteiger partial charge in [-0.3, -0.25) is 14.9 Å². The summed E-state index contributed by atoms with van der Waals surface area (Å²) in [6.07, 6.45) is 0. The number of anilines is 1. The molecule has 4 rings (SSSR count). The van der Waals surface area contributed by atoms with Crippen molar-refractivity contribution in [1.29, 1.82) is 0 Å². The molecule has 6 nitrogen and oxygen atoms in total. The Balaban J connectivity index is 1.61. The second-order valence-electron chi connectivity index (χ2n) is 8.23. The molecule has 0 unspecified atom stereocenters. The molecule has 0 saturated carbocycles. The van der Waals surface area contributed by atoms with Crippen molar-refractivity contribution in [3.8, 4) is 11.3 Å². The van der Waals surface area contributed by atoms with Crippen LogP contribution in [0.3, 0.4) is 0 Å². The summed E-state index contributed by atoms with van der Waals surface area (Å²) in [5.41, 5.74) is 2.00. The van der Waals surface area contributed by atoms with Gasteiger partial charge in [0.15, 0.2) is 5.13 Å². The predicted octanol–water partition coefficient (Wildman–Crippen LogP) is 6.01. The molecule has 1 amide bonds. The van der Waals surface area contributed by atoms with Crippen LogP contribution in [0.1, 0.15) is 31.3 Å². The molecule has 4 aromatic rings. The third-order valence-corrected chi connectivity index (χ3v) is 5.71. The average Bonchev–Trinajstić information content (AvgIpc) is 3.32. The number of thiazole rings is 1. The van der Waals surface area contributed by atoms with Gasteiger partial charge in [-0.15, -0.1) is 11.3 Å². The Bertz CT molecular complexity index is 1300. The number of halogens is 1. The molecule has 164 valence electrons. The number of nitrogens with zero attached hydrogens (tertiary/aromatic N) is 2. The monoisotopic (exact) mass is 467 g/mol. The van der Waals surface area contributed by atoms with Gasteiger partial charge >= 0.3 is 5.97 Å². The molecule has 0 bridgehead atoms. The van der Waals surface area contributed by atoms with Gasteiger partial charge in [0.05, 0.1) is 5.69 Å². The van der Waals surface area contributed by atoms with E-state index in [2.05, 4.69) is 10.3 Å². The maximum Gasteiger partial charge on any atom is 0.326 e. The van der Waals surface area contributed by atoms with Crippen LogP contribution in [0.2, 0.25) is 5.02 Å². The first-order chi connectivity index (χ1) is 15.2. The number of rotatable bonds is 5. The highest BCUT2D eigenvalue weighted by Crippen LogP contribution is 2.30. The second-order valence-corrected chi connectivity index (χ2v) is 9.50. The van der Waals surface area contributed by atoms with E-state index < -0.39 is 11.6 Å². The number of hydrogen-bond acceptors (Lipinski definition) is 5. The number of hydrogen-bond donors (Lipinski definition) is 1. The van der Waals surface area contributed by atoms with Crippen LogP contribution in [-0.2, 0) is 16.1 Å². The van der Waals surface area contributed by atoms with Crippen LogP contribution in [-0.4, -0.2) is 27.0 Å². The summed E-state index contributed by atoms with van der Waals surface area (Å²) in [7, 11) is 0. The normalized spacial score (nSPS) is 11.5. The summed E-state index contributed by atoms with van der Waals surface area (Å²) < 4.78 is 7.13. The minimum absolute atomic E-state index is 0.0731. The molecule has 1 N–H and O–H groups in total. The topological polar surface area (TPSA) is 73.2 Å². The van der Waals surface area contributed by atoms with Gasteiger partial charge in [-0.05, 0) is 39.0 Å². The molecule has 0 aliphatic rings. The Hall–Kier alpha value is -3.16. The van der Waals surface area contributed by atoms with E-state index in [0.717, 1.165) is 16.5 Å². The highest BCUT2D eigenvalue weighted by molar-refractivity contribution is 7.14. The molecule has 0 saturated heterocycles. The minimum atomic E-state index is -0.613. The predicted molar refractivity (Wildman–Crippen MR) is 128 cm³/mol. The number of fused-ring (bicyclic) bond motifs is 1. The SMILES string of the molecule is CC(C)(C)OC(=O)Cn1c(C(=O)Nc2nc(-c3ccccc3Cl)cs2)cc2ccccc21. The summed E-state index contributed by atoms with van der Waals surface area (Å²) in [6.45, 7) is 5.36. The van der Waals surface area contributed by atoms with Crippen molar-refractivity contribution >= 4 is 50.8 Å². The summed E-state index contributed by atoms with van der Waals surface area (Å²) in [5.74, 6) is -0.770. The zero-order valence-corrected chi connectivity index (χ0v) is 19.5. The Morgan fingerprint density at radius 1 is 1.12 bits per heavy atom. The molecule has 0 aliphatic heterocycles. The number of nitrogens with one attached hydrogen (secondary N) is 1. The van der Waals surface area contributed by atoms with Gasteiger partial charge in [0.1, 0.15) is 17.8 Å². The quantitative estimate of drug-likeness (QED) is 0.364. The lowest BCUT2D eigenvalue weighted by atomic mass is 10.2. The Morgan fingerprint density at radius 3 is 2.59 bits per heavy atom. The lowest BCUT2D eigenvalue weighted by Crippen LogP contribution is -2.28. The van der Waals surface area contributed by atoms with Crippen molar-refractivity contribution < 1.29 is 14.3 Å². The molecule has 0 aliphatic carbocycles. The maximum atomic E-state index is 13.1. The molecule has 2 aromatic heterocycles. The first kappa shape index (κ1) is 22.0. The maximum absolute atomic E-state index is 13.1. The van der Waals surface area contributed by atoms with Crippen LogP contribution < -0.4 is 5.32 Å². The minimum Gasteiger partial charge on any atom is -0.459 e. The fourth-order valence-electron chi connectivity index (χ4n) is 3.36. The number of amides is 1. The standard InChI is InChI=1S/C24H22ClN3O3S/c1-24(2,3)31-21(29)13-28-19-11-7-4-8-15(19)12-20(28)22(30)27-23-26-18(14-32-23)16-9-5-6-10-17(16)25/h4-12,14H,13H2,1-3H3,(H,26,27,30). The number of para-hydroxylation sites is 1. The van der Waals surface area contributed by atoms with Crippen molar-refractivity contribution in [2.24, 2.45) is 0 Å². The van der Waals surface area contributed by atoms with Crippen LogP contribution in [0.5, 0.6) is 0 Å². The fraction of sp³-hybridized carbons (Fsp3) is 0.208. The van der Waals surface area contributed by atoms with Crippen LogP contribution >= 0.6 is 22.9 Å². The lowest BCUT2D eigenvalue weighted by molar-refractivity contribution is -0.155. The van der Waals surface area contributed by atoms with Crippen molar-refractivity contribution in [2.75, 3.05) is 5.32 Å². The van der Waals surface area contributed by atoms with Gasteiger partial charge in [0.25, 0.3) is 5.91 Å². The van der Waals surface area contributed by atoms with Crippen LogP contribution in [0.15, 0.2) is 60.0 Å². The number of carbonyl (C=O) groups is 2. The van der Waals surface area contributed by atoms with E-state index in [4.69, 9.17) is 16.3 Å². The molecule has 0 spiro atoms. The van der Waals surface area contributed by atoms with E-state index in [-0.39, 0.29) is 12.5 Å². The molecule has 8 heteroatoms. The van der Waals surface area contributed by atoms with Gasteiger partial charge < -0.3 is 9.30 Å². The van der Waals surface area contributed by atoms with E-state index >= 15 is 0 Å². The van der Waals surface area contributed by atoms with Crippen LogP contribution in [0, 0.1) is 0 Å². The molecular weight excluding hydrogens is 446 g/mol. The van der Waals surface area contributed by atoms with Crippen molar-refractivity contribution in [3.05, 3.63) is 70.7 Å². The summed E-state index contributed by atoms with van der Waals surface area (Å²) in [5, 5.41) is 6.58. The third kappa shape index (κ3) is 4.84. The highest BCUT2D eigenvalue weighted by atomic mass is 35.5. The van der Waals surface area contributed by atoms with Crippen LogP contribution in [0.25, 0.3) is 22.2 Å². The number of ether oxygens (including phenoxy) is 1. The first-order valence-electron chi connectivity index (χ1n) is 10.0. The van der Waals surface area contributed by atoms with E-state index in [1.165, 1.54) is 11.3 Å². The van der Waals surface area contributed by atoms with E-state index in [1.54, 1.807) is 16.7 Å². The van der Waals surface area contributed by atoms with Crippen molar-refractivity contribution in [3.63, 3.8) is 0 Å². The van der Waals surface area contributed by atoms with Gasteiger partial charge in [-0.2, -0.15) is 0 Å². The van der Waals surface area contributed by atoms with E-state index in [0.29, 0.717) is 21.5 Å². The summed E-state index contributed by atoms with van der Waals surface area (Å²) in [4.78, 5) is 30.1.